The van der Waals surface area contributed by atoms with E-state index >= 15 is 0 Å². The summed E-state index contributed by atoms with van der Waals surface area (Å²) >= 11 is 0. The largest absolute Gasteiger partial charge is 0.388 e. The number of aliphatic hydroxyl groups is 1. The molecule has 2 unspecified atom stereocenters. The molecule has 1 aliphatic carbocycles. The third-order valence-electron chi connectivity index (χ3n) is 3.37. The first kappa shape index (κ1) is 9.72. The Morgan fingerprint density at radius 2 is 1.93 bits per heavy atom. The van der Waals surface area contributed by atoms with Gasteiger partial charge in [-0.1, -0.05) is 31.2 Å². The fourth-order valence-corrected chi connectivity index (χ4v) is 2.08. The predicted octanol–water partition coefficient (Wildman–Crippen LogP) is 3.07. The summed E-state index contributed by atoms with van der Waals surface area (Å²) in [6.45, 7) is 4.23. The number of rotatable bonds is 3. The monoisotopic (exact) mass is 190 g/mol. The Balaban J connectivity index is 2.17. The third kappa shape index (κ3) is 1.83. The molecule has 1 aromatic carbocycles. The first-order valence-corrected chi connectivity index (χ1v) is 5.43. The molecule has 1 nitrogen and oxygen atoms in total. The molecule has 2 atom stereocenters. The van der Waals surface area contributed by atoms with E-state index < -0.39 is 0 Å². The van der Waals surface area contributed by atoms with E-state index in [9.17, 15) is 5.11 Å². The smallest absolute Gasteiger partial charge is 0.0820 e. The van der Waals surface area contributed by atoms with Gasteiger partial charge in [-0.3, -0.25) is 0 Å². The summed E-state index contributed by atoms with van der Waals surface area (Å²) in [5, 5.41) is 10.2. The Kier molecular flexibility index (Phi) is 2.60. The van der Waals surface area contributed by atoms with Crippen molar-refractivity contribution in [3.05, 3.63) is 35.4 Å². The van der Waals surface area contributed by atoms with Gasteiger partial charge in [0.1, 0.15) is 0 Å². The Hall–Kier alpha value is -0.820. The standard InChI is InChI=1S/C13H18O/c1-9-5-3-4-6-12(9)13(14)10(2)11-7-8-11/h3-6,10-11,13-14H,7-8H2,1-2H3. The molecule has 1 fully saturated rings. The Labute approximate surface area is 85.8 Å². The van der Waals surface area contributed by atoms with Gasteiger partial charge in [0, 0.05) is 0 Å². The summed E-state index contributed by atoms with van der Waals surface area (Å²) in [5.41, 5.74) is 2.31. The molecule has 0 saturated heterocycles. The van der Waals surface area contributed by atoms with Gasteiger partial charge in [-0.2, -0.15) is 0 Å². The maximum Gasteiger partial charge on any atom is 0.0820 e. The number of benzene rings is 1. The molecule has 1 N–H and O–H groups in total. The summed E-state index contributed by atoms with van der Waals surface area (Å²) in [6.07, 6.45) is 2.32. The van der Waals surface area contributed by atoms with Crippen molar-refractivity contribution < 1.29 is 5.11 Å². The van der Waals surface area contributed by atoms with Gasteiger partial charge in [-0.25, -0.2) is 0 Å². The predicted molar refractivity (Wildman–Crippen MR) is 58.0 cm³/mol. The Morgan fingerprint density at radius 1 is 1.29 bits per heavy atom. The lowest BCUT2D eigenvalue weighted by atomic mass is 9.91. The average molecular weight is 190 g/mol. The van der Waals surface area contributed by atoms with Gasteiger partial charge in [0.2, 0.25) is 0 Å². The molecular weight excluding hydrogens is 172 g/mol. The van der Waals surface area contributed by atoms with E-state index in [1.165, 1.54) is 18.4 Å². The fourth-order valence-electron chi connectivity index (χ4n) is 2.08. The van der Waals surface area contributed by atoms with Crippen LogP contribution >= 0.6 is 0 Å². The maximum atomic E-state index is 10.2. The molecule has 2 rings (SSSR count). The molecule has 1 aromatic rings. The molecule has 0 aromatic heterocycles. The number of hydrogen-bond donors (Lipinski definition) is 1. The van der Waals surface area contributed by atoms with Crippen LogP contribution in [0.1, 0.15) is 37.0 Å². The highest BCUT2D eigenvalue weighted by Crippen LogP contribution is 2.42. The molecule has 1 aliphatic rings. The summed E-state index contributed by atoms with van der Waals surface area (Å²) < 4.78 is 0. The zero-order chi connectivity index (χ0) is 10.1. The number of aliphatic hydroxyl groups excluding tert-OH is 1. The Morgan fingerprint density at radius 3 is 2.50 bits per heavy atom. The van der Waals surface area contributed by atoms with E-state index in [1.807, 2.05) is 18.2 Å². The summed E-state index contributed by atoms with van der Waals surface area (Å²) in [4.78, 5) is 0. The molecule has 76 valence electrons. The first-order valence-electron chi connectivity index (χ1n) is 5.43. The number of aryl methyl sites for hydroxylation is 1. The van der Waals surface area contributed by atoms with Crippen molar-refractivity contribution in [2.45, 2.75) is 32.8 Å². The minimum Gasteiger partial charge on any atom is -0.388 e. The van der Waals surface area contributed by atoms with Gasteiger partial charge >= 0.3 is 0 Å². The lowest BCUT2D eigenvalue weighted by Crippen LogP contribution is -2.12. The van der Waals surface area contributed by atoms with Crippen LogP contribution in [0.3, 0.4) is 0 Å². The number of hydrogen-bond acceptors (Lipinski definition) is 1. The van der Waals surface area contributed by atoms with Crippen LogP contribution in [0, 0.1) is 18.8 Å². The first-order chi connectivity index (χ1) is 6.70. The fraction of sp³-hybridized carbons (Fsp3) is 0.538. The highest BCUT2D eigenvalue weighted by molar-refractivity contribution is 5.28. The van der Waals surface area contributed by atoms with Gasteiger partial charge in [0.05, 0.1) is 6.10 Å². The van der Waals surface area contributed by atoms with Crippen LogP contribution in [-0.4, -0.2) is 5.11 Å². The molecule has 0 aliphatic heterocycles. The maximum absolute atomic E-state index is 10.2. The molecular formula is C13H18O. The zero-order valence-corrected chi connectivity index (χ0v) is 8.90. The van der Waals surface area contributed by atoms with E-state index in [2.05, 4.69) is 19.9 Å². The van der Waals surface area contributed by atoms with E-state index in [0.717, 1.165) is 11.5 Å². The van der Waals surface area contributed by atoms with E-state index in [-0.39, 0.29) is 6.10 Å². The molecule has 1 saturated carbocycles. The van der Waals surface area contributed by atoms with Gasteiger partial charge in [-0.05, 0) is 42.7 Å². The van der Waals surface area contributed by atoms with Gasteiger partial charge in [-0.15, -0.1) is 0 Å². The van der Waals surface area contributed by atoms with Crippen molar-refractivity contribution in [1.29, 1.82) is 0 Å². The highest BCUT2D eigenvalue weighted by atomic mass is 16.3. The molecule has 0 bridgehead atoms. The van der Waals surface area contributed by atoms with Crippen molar-refractivity contribution in [1.82, 2.24) is 0 Å². The minimum atomic E-state index is -0.274. The Bertz CT molecular complexity index is 315. The lowest BCUT2D eigenvalue weighted by molar-refractivity contribution is 0.105. The molecule has 0 radical (unpaired) electrons. The van der Waals surface area contributed by atoms with Crippen molar-refractivity contribution >= 4 is 0 Å². The van der Waals surface area contributed by atoms with Crippen molar-refractivity contribution in [2.24, 2.45) is 11.8 Å². The van der Waals surface area contributed by atoms with Crippen LogP contribution in [0.2, 0.25) is 0 Å². The molecule has 0 spiro atoms. The van der Waals surface area contributed by atoms with Crippen LogP contribution in [-0.2, 0) is 0 Å². The van der Waals surface area contributed by atoms with Crippen LogP contribution in [0.15, 0.2) is 24.3 Å². The van der Waals surface area contributed by atoms with Crippen LogP contribution in [0.25, 0.3) is 0 Å². The SMILES string of the molecule is Cc1ccccc1C(O)C(C)C1CC1. The van der Waals surface area contributed by atoms with Gasteiger partial charge in [0.15, 0.2) is 0 Å². The third-order valence-corrected chi connectivity index (χ3v) is 3.37. The minimum absolute atomic E-state index is 0.274. The normalized spacial score (nSPS) is 20.5. The second-order valence-corrected chi connectivity index (χ2v) is 4.50. The second kappa shape index (κ2) is 3.74. The quantitative estimate of drug-likeness (QED) is 0.776. The van der Waals surface area contributed by atoms with Crippen molar-refractivity contribution in [3.8, 4) is 0 Å². The van der Waals surface area contributed by atoms with E-state index in [0.29, 0.717) is 5.92 Å². The van der Waals surface area contributed by atoms with E-state index in [1.54, 1.807) is 0 Å². The molecule has 0 amide bonds. The topological polar surface area (TPSA) is 20.2 Å². The second-order valence-electron chi connectivity index (χ2n) is 4.50. The van der Waals surface area contributed by atoms with Crippen LogP contribution < -0.4 is 0 Å². The highest BCUT2D eigenvalue weighted by Gasteiger charge is 2.33. The average Bonchev–Trinajstić information content (AvgIpc) is 3.00. The summed E-state index contributed by atoms with van der Waals surface area (Å²) in [5.74, 6) is 1.17. The molecule has 14 heavy (non-hydrogen) atoms. The summed E-state index contributed by atoms with van der Waals surface area (Å²) in [6, 6.07) is 8.13. The van der Waals surface area contributed by atoms with Crippen molar-refractivity contribution in [2.75, 3.05) is 0 Å². The lowest BCUT2D eigenvalue weighted by Gasteiger charge is -2.20. The molecule has 0 heterocycles. The van der Waals surface area contributed by atoms with Crippen molar-refractivity contribution in [3.63, 3.8) is 0 Å². The van der Waals surface area contributed by atoms with Gasteiger partial charge < -0.3 is 5.11 Å². The van der Waals surface area contributed by atoms with Crippen LogP contribution in [0.5, 0.6) is 0 Å². The van der Waals surface area contributed by atoms with Crippen LogP contribution in [0.4, 0.5) is 0 Å². The summed E-state index contributed by atoms with van der Waals surface area (Å²) in [7, 11) is 0. The van der Waals surface area contributed by atoms with Gasteiger partial charge in [0.25, 0.3) is 0 Å². The molecule has 1 heteroatoms. The van der Waals surface area contributed by atoms with E-state index in [4.69, 9.17) is 0 Å². The zero-order valence-electron chi connectivity index (χ0n) is 8.90.